The molecule has 1 saturated heterocycles. The maximum atomic E-state index is 13.5. The van der Waals surface area contributed by atoms with E-state index in [0.717, 1.165) is 53.0 Å². The van der Waals surface area contributed by atoms with Crippen LogP contribution in [0.25, 0.3) is 11.0 Å². The molecule has 4 aromatic rings. The molecule has 2 aromatic carbocycles. The van der Waals surface area contributed by atoms with E-state index in [2.05, 4.69) is 20.5 Å². The fraction of sp³-hybridized carbons (Fsp3) is 0.333. The molecule has 1 fully saturated rings. The van der Waals surface area contributed by atoms with E-state index in [1.54, 1.807) is 26.2 Å². The van der Waals surface area contributed by atoms with Gasteiger partial charge < -0.3 is 19.3 Å². The second kappa shape index (κ2) is 10.0. The van der Waals surface area contributed by atoms with Gasteiger partial charge in [0.2, 0.25) is 11.9 Å². The van der Waals surface area contributed by atoms with E-state index >= 15 is 0 Å². The number of fused-ring (bicyclic) bond motifs is 1. The molecule has 0 bridgehead atoms. The molecule has 1 amide bonds. The highest BCUT2D eigenvalue weighted by Crippen LogP contribution is 2.28. The zero-order chi connectivity index (χ0) is 26.1. The summed E-state index contributed by atoms with van der Waals surface area (Å²) in [6.45, 7) is 2.09. The van der Waals surface area contributed by atoms with Crippen LogP contribution < -0.4 is 15.4 Å². The Kier molecular flexibility index (Phi) is 6.64. The van der Waals surface area contributed by atoms with Crippen molar-refractivity contribution in [3.05, 3.63) is 82.5 Å². The number of carbonyl (C=O) groups is 1. The number of piperidine rings is 1. The van der Waals surface area contributed by atoms with Crippen LogP contribution in [0.2, 0.25) is 0 Å². The molecule has 0 unspecified atom stereocenters. The van der Waals surface area contributed by atoms with Crippen LogP contribution in [0.5, 0.6) is 0 Å². The number of carbonyl (C=O) groups excluding carboxylic acids is 1. The van der Waals surface area contributed by atoms with E-state index in [9.17, 15) is 14.0 Å². The summed E-state index contributed by atoms with van der Waals surface area (Å²) in [7, 11) is 5.11. The van der Waals surface area contributed by atoms with Crippen molar-refractivity contribution in [1.82, 2.24) is 24.0 Å². The summed E-state index contributed by atoms with van der Waals surface area (Å²) in [6.07, 6.45) is 3.05. The van der Waals surface area contributed by atoms with Crippen molar-refractivity contribution in [2.24, 2.45) is 0 Å². The van der Waals surface area contributed by atoms with Gasteiger partial charge in [-0.05, 0) is 42.7 Å². The Hall–Kier alpha value is -4.21. The number of hydrogen-bond acceptors (Lipinski definition) is 6. The third-order valence-corrected chi connectivity index (χ3v) is 6.90. The van der Waals surface area contributed by atoms with Gasteiger partial charge in [0.25, 0.3) is 5.56 Å². The Balaban J connectivity index is 1.38. The number of halogens is 1. The molecule has 9 nitrogen and oxygen atoms in total. The summed E-state index contributed by atoms with van der Waals surface area (Å²) < 4.78 is 16.8. The summed E-state index contributed by atoms with van der Waals surface area (Å²) in [5.41, 5.74) is 2.54. The molecule has 1 aliphatic heterocycles. The molecule has 2 aromatic heterocycles. The number of anilines is 2. The molecule has 0 aliphatic carbocycles. The third kappa shape index (κ3) is 4.78. The zero-order valence-electron chi connectivity index (χ0n) is 21.2. The monoisotopic (exact) mass is 503 g/mol. The van der Waals surface area contributed by atoms with Crippen molar-refractivity contribution >= 4 is 29.0 Å². The average molecular weight is 504 g/mol. The van der Waals surface area contributed by atoms with Gasteiger partial charge in [0.05, 0.1) is 17.6 Å². The van der Waals surface area contributed by atoms with Crippen LogP contribution in [-0.2, 0) is 6.54 Å². The van der Waals surface area contributed by atoms with Crippen LogP contribution in [0.3, 0.4) is 0 Å². The first-order valence-corrected chi connectivity index (χ1v) is 12.3. The fourth-order valence-corrected chi connectivity index (χ4v) is 4.88. The lowest BCUT2D eigenvalue weighted by molar-refractivity contribution is 0.218. The molecular formula is C27H30FN7O2. The van der Waals surface area contributed by atoms with Crippen LogP contribution in [0, 0.1) is 5.82 Å². The number of hydrogen-bond donors (Lipinski definition) is 0. The molecule has 0 N–H and O–H groups in total. The number of aromatic nitrogens is 4. The Morgan fingerprint density at radius 3 is 2.43 bits per heavy atom. The Morgan fingerprint density at radius 1 is 1.03 bits per heavy atom. The van der Waals surface area contributed by atoms with Gasteiger partial charge in [0, 0.05) is 52.5 Å². The molecule has 0 saturated carbocycles. The summed E-state index contributed by atoms with van der Waals surface area (Å²) in [6, 6.07) is 15.6. The molecule has 10 heteroatoms. The van der Waals surface area contributed by atoms with Crippen LogP contribution in [0.15, 0.2) is 65.6 Å². The van der Waals surface area contributed by atoms with Gasteiger partial charge in [-0.1, -0.05) is 24.3 Å². The number of para-hydroxylation sites is 2. The maximum absolute atomic E-state index is 13.5. The maximum Gasteiger partial charge on any atom is 0.333 e. The lowest BCUT2D eigenvalue weighted by Gasteiger charge is -2.38. The van der Waals surface area contributed by atoms with Gasteiger partial charge in [-0.25, -0.2) is 19.2 Å². The van der Waals surface area contributed by atoms with E-state index in [4.69, 9.17) is 4.98 Å². The highest BCUT2D eigenvalue weighted by atomic mass is 19.1. The van der Waals surface area contributed by atoms with E-state index in [0.29, 0.717) is 12.5 Å². The highest BCUT2D eigenvalue weighted by molar-refractivity contribution is 5.80. The van der Waals surface area contributed by atoms with Crippen molar-refractivity contribution in [3.8, 4) is 0 Å². The van der Waals surface area contributed by atoms with Gasteiger partial charge in [0.15, 0.2) is 0 Å². The van der Waals surface area contributed by atoms with Gasteiger partial charge in [-0.2, -0.15) is 4.57 Å². The number of benzene rings is 2. The lowest BCUT2D eigenvalue weighted by atomic mass is 10.0. The van der Waals surface area contributed by atoms with Crippen molar-refractivity contribution in [3.63, 3.8) is 0 Å². The average Bonchev–Trinajstić information content (AvgIpc) is 3.27. The van der Waals surface area contributed by atoms with Gasteiger partial charge in [-0.3, -0.25) is 4.79 Å². The minimum atomic E-state index is -0.424. The number of rotatable bonds is 5. The number of imidazole rings is 1. The van der Waals surface area contributed by atoms with Crippen LogP contribution in [0.1, 0.15) is 18.4 Å². The smallest absolute Gasteiger partial charge is 0.333 e. The Morgan fingerprint density at radius 2 is 1.73 bits per heavy atom. The predicted molar refractivity (Wildman–Crippen MR) is 142 cm³/mol. The van der Waals surface area contributed by atoms with E-state index in [1.165, 1.54) is 29.3 Å². The summed E-state index contributed by atoms with van der Waals surface area (Å²) in [5, 5.41) is 0. The second-order valence-electron chi connectivity index (χ2n) is 9.54. The molecule has 0 atom stereocenters. The van der Waals surface area contributed by atoms with Crippen molar-refractivity contribution in [1.29, 1.82) is 0 Å². The molecule has 0 radical (unpaired) electrons. The van der Waals surface area contributed by atoms with E-state index in [-0.39, 0.29) is 11.9 Å². The molecule has 3 heterocycles. The largest absolute Gasteiger partial charge is 0.342 e. The molecule has 1 aliphatic rings. The van der Waals surface area contributed by atoms with E-state index in [1.807, 2.05) is 30.1 Å². The number of nitrogens with zero attached hydrogens (tertiary/aromatic N) is 7. The predicted octanol–water partition coefficient (Wildman–Crippen LogP) is 3.42. The number of amides is 1. The highest BCUT2D eigenvalue weighted by Gasteiger charge is 2.29. The van der Waals surface area contributed by atoms with Gasteiger partial charge in [-0.15, -0.1) is 0 Å². The van der Waals surface area contributed by atoms with Crippen molar-refractivity contribution in [2.75, 3.05) is 44.0 Å². The van der Waals surface area contributed by atoms with E-state index < -0.39 is 11.6 Å². The van der Waals surface area contributed by atoms with Crippen LogP contribution >= 0.6 is 0 Å². The molecule has 192 valence electrons. The molecular weight excluding hydrogens is 473 g/mol. The lowest BCUT2D eigenvalue weighted by Crippen LogP contribution is -2.47. The zero-order valence-corrected chi connectivity index (χ0v) is 21.2. The Bertz CT molecular complexity index is 1470. The molecule has 5 rings (SSSR count). The van der Waals surface area contributed by atoms with Crippen molar-refractivity contribution in [2.45, 2.75) is 25.4 Å². The first kappa shape index (κ1) is 24.5. The third-order valence-electron chi connectivity index (χ3n) is 6.90. The first-order chi connectivity index (χ1) is 17.8. The van der Waals surface area contributed by atoms with Crippen LogP contribution in [-0.4, -0.2) is 70.3 Å². The van der Waals surface area contributed by atoms with Gasteiger partial charge in [0.1, 0.15) is 5.82 Å². The topological polar surface area (TPSA) is 79.5 Å². The summed E-state index contributed by atoms with van der Waals surface area (Å²) in [5.74, 6) is 0.966. The van der Waals surface area contributed by atoms with Gasteiger partial charge >= 0.3 is 6.03 Å². The fourth-order valence-electron chi connectivity index (χ4n) is 4.88. The standard InChI is InChI=1S/C27H30FN7O2/c1-31(2)27(37)35-24(36)12-15-29-25(35)32(3)21-13-16-33(17-14-21)26-30-22-6-4-5-7-23(22)34(26)18-19-8-10-20(28)11-9-19/h4-12,15,21H,13-14,16-18H2,1-3H3. The second-order valence-corrected chi connectivity index (χ2v) is 9.54. The van der Waals surface area contributed by atoms with Crippen LogP contribution in [0.4, 0.5) is 21.1 Å². The molecule has 37 heavy (non-hydrogen) atoms. The summed E-state index contributed by atoms with van der Waals surface area (Å²) in [4.78, 5) is 40.1. The normalized spacial score (nSPS) is 14.2. The minimum Gasteiger partial charge on any atom is -0.342 e. The Labute approximate surface area is 214 Å². The minimum absolute atomic E-state index is 0.0988. The summed E-state index contributed by atoms with van der Waals surface area (Å²) >= 11 is 0. The molecule has 0 spiro atoms. The SMILES string of the molecule is CN(C)C(=O)n1c(N(C)C2CCN(c3nc4ccccc4n3Cc3ccc(F)cc3)CC2)nccc1=O. The first-order valence-electron chi connectivity index (χ1n) is 12.3. The van der Waals surface area contributed by atoms with Crippen molar-refractivity contribution < 1.29 is 9.18 Å². The quantitative estimate of drug-likeness (QED) is 0.415.